The first-order valence-electron chi connectivity index (χ1n) is 11.9. The number of hydrogen-bond acceptors (Lipinski definition) is 7. The highest BCUT2D eigenvalue weighted by molar-refractivity contribution is 7.99. The maximum atomic E-state index is 13.1. The van der Waals surface area contributed by atoms with E-state index in [9.17, 15) is 4.79 Å². The molecule has 7 nitrogen and oxygen atoms in total. The number of aromatic nitrogens is 3. The molecule has 3 aromatic carbocycles. The second-order valence-electron chi connectivity index (χ2n) is 8.43. The lowest BCUT2D eigenvalue weighted by Gasteiger charge is -2.31. The summed E-state index contributed by atoms with van der Waals surface area (Å²) in [6, 6.07) is 22.7. The van der Waals surface area contributed by atoms with Crippen molar-refractivity contribution in [3.63, 3.8) is 0 Å². The molecule has 0 aliphatic carbocycles. The van der Waals surface area contributed by atoms with Crippen LogP contribution in [0.2, 0.25) is 5.02 Å². The van der Waals surface area contributed by atoms with E-state index in [0.717, 1.165) is 17.7 Å². The van der Waals surface area contributed by atoms with Crippen molar-refractivity contribution in [1.29, 1.82) is 0 Å². The Hall–Kier alpha value is -3.62. The van der Waals surface area contributed by atoms with E-state index < -0.39 is 6.23 Å². The van der Waals surface area contributed by atoms with Crippen molar-refractivity contribution in [2.45, 2.75) is 38.3 Å². The van der Waals surface area contributed by atoms with Gasteiger partial charge in [0.15, 0.2) is 5.69 Å². The Balaban J connectivity index is 1.63. The van der Waals surface area contributed by atoms with Gasteiger partial charge in [0, 0.05) is 23.3 Å². The van der Waals surface area contributed by atoms with E-state index in [0.29, 0.717) is 50.9 Å². The predicted octanol–water partition coefficient (Wildman–Crippen LogP) is 6.72. The fourth-order valence-electron chi connectivity index (χ4n) is 4.09. The molecule has 1 aliphatic heterocycles. The van der Waals surface area contributed by atoms with Crippen LogP contribution in [0, 0.1) is 0 Å². The Labute approximate surface area is 224 Å². The number of carbonyl (C=O) groups is 1. The zero-order valence-corrected chi connectivity index (χ0v) is 22.0. The Kier molecular flexibility index (Phi) is 7.58. The van der Waals surface area contributed by atoms with Crippen LogP contribution in [-0.4, -0.2) is 26.8 Å². The lowest BCUT2D eigenvalue weighted by Crippen LogP contribution is -2.36. The zero-order chi connectivity index (χ0) is 25.8. The summed E-state index contributed by atoms with van der Waals surface area (Å²) in [6.45, 7) is 3.93. The van der Waals surface area contributed by atoms with Crippen LogP contribution in [0.1, 0.15) is 37.6 Å². The van der Waals surface area contributed by atoms with E-state index in [1.54, 1.807) is 23.1 Å². The molecule has 2 heterocycles. The summed E-state index contributed by atoms with van der Waals surface area (Å²) >= 11 is 7.95. The van der Waals surface area contributed by atoms with E-state index in [4.69, 9.17) is 21.1 Å². The molecule has 1 amide bonds. The van der Waals surface area contributed by atoms with Crippen LogP contribution in [0.3, 0.4) is 0 Å². The number of ether oxygens (including phenoxy) is 2. The summed E-state index contributed by atoms with van der Waals surface area (Å²) in [6.07, 6.45) is 0.0743. The third-order valence-corrected chi connectivity index (χ3v) is 7.04. The molecular formula is C28H25ClN4O3S. The third kappa shape index (κ3) is 5.40. The molecule has 0 saturated carbocycles. The van der Waals surface area contributed by atoms with Crippen molar-refractivity contribution in [2.75, 3.05) is 10.7 Å². The first kappa shape index (κ1) is 25.0. The normalized spacial score (nSPS) is 14.2. The van der Waals surface area contributed by atoms with Crippen LogP contribution in [0.15, 0.2) is 78.0 Å². The average molecular weight is 533 g/mol. The van der Waals surface area contributed by atoms with Gasteiger partial charge in [-0.25, -0.2) is 0 Å². The fourth-order valence-corrected chi connectivity index (χ4v) is 4.90. The first-order chi connectivity index (χ1) is 18.0. The smallest absolute Gasteiger partial charge is 0.247 e. The number of hydrogen-bond donors (Lipinski definition) is 0. The lowest BCUT2D eigenvalue weighted by atomic mass is 10.1. The quantitative estimate of drug-likeness (QED) is 0.244. The van der Waals surface area contributed by atoms with Gasteiger partial charge in [0.25, 0.3) is 0 Å². The Bertz CT molecular complexity index is 1420. The van der Waals surface area contributed by atoms with Gasteiger partial charge in [-0.15, -0.1) is 10.2 Å². The standard InChI is InChI=1S/C28H25ClN4O3S/c1-3-15-37-28-30-26-25(31-32-28)21-11-7-8-12-23(21)33(18(2)34)27(36-26)22-16-20(29)13-14-24(22)35-17-19-9-5-4-6-10-19/h4-14,16,27H,3,15,17H2,1-2H3. The van der Waals surface area contributed by atoms with Crippen molar-refractivity contribution < 1.29 is 14.3 Å². The molecule has 1 unspecified atom stereocenters. The van der Waals surface area contributed by atoms with Crippen LogP contribution in [0.5, 0.6) is 11.6 Å². The average Bonchev–Trinajstić information content (AvgIpc) is 3.06. The molecule has 0 saturated heterocycles. The molecule has 1 aromatic heterocycles. The number of thioether (sulfide) groups is 1. The van der Waals surface area contributed by atoms with Gasteiger partial charge in [-0.05, 0) is 36.2 Å². The number of carbonyl (C=O) groups excluding carboxylic acids is 1. The molecule has 0 fully saturated rings. The minimum absolute atomic E-state index is 0.215. The highest BCUT2D eigenvalue weighted by Gasteiger charge is 2.36. The summed E-state index contributed by atoms with van der Waals surface area (Å²) in [5, 5.41) is 9.77. The second kappa shape index (κ2) is 11.2. The van der Waals surface area contributed by atoms with Crippen LogP contribution in [0.25, 0.3) is 11.3 Å². The molecule has 4 aromatic rings. The van der Waals surface area contributed by atoms with Gasteiger partial charge < -0.3 is 9.47 Å². The van der Waals surface area contributed by atoms with E-state index in [-0.39, 0.29) is 5.91 Å². The van der Waals surface area contributed by atoms with Crippen molar-refractivity contribution in [3.8, 4) is 22.9 Å². The number of anilines is 1. The van der Waals surface area contributed by atoms with Gasteiger partial charge >= 0.3 is 0 Å². The molecule has 0 spiro atoms. The van der Waals surface area contributed by atoms with Crippen LogP contribution >= 0.6 is 23.4 Å². The molecule has 37 heavy (non-hydrogen) atoms. The molecule has 0 bridgehead atoms. The number of para-hydroxylation sites is 1. The maximum Gasteiger partial charge on any atom is 0.247 e. The predicted molar refractivity (Wildman–Crippen MR) is 145 cm³/mol. The number of amides is 1. The molecule has 9 heteroatoms. The zero-order valence-electron chi connectivity index (χ0n) is 20.4. The summed E-state index contributed by atoms with van der Waals surface area (Å²) < 4.78 is 12.7. The molecule has 0 N–H and O–H groups in total. The maximum absolute atomic E-state index is 13.1. The van der Waals surface area contributed by atoms with Gasteiger partial charge in [0.05, 0.1) is 11.3 Å². The monoisotopic (exact) mass is 532 g/mol. The number of rotatable bonds is 7. The molecule has 188 valence electrons. The van der Waals surface area contributed by atoms with Crippen LogP contribution in [-0.2, 0) is 11.4 Å². The minimum atomic E-state index is -0.898. The number of halogens is 1. The fraction of sp³-hybridized carbons (Fsp3) is 0.214. The first-order valence-corrected chi connectivity index (χ1v) is 13.3. The van der Waals surface area contributed by atoms with Crippen molar-refractivity contribution in [1.82, 2.24) is 15.2 Å². The van der Waals surface area contributed by atoms with Crippen LogP contribution < -0.4 is 14.4 Å². The Morgan fingerprint density at radius 2 is 1.86 bits per heavy atom. The topological polar surface area (TPSA) is 77.4 Å². The molecule has 0 radical (unpaired) electrons. The minimum Gasteiger partial charge on any atom is -0.488 e. The van der Waals surface area contributed by atoms with Crippen molar-refractivity contribution in [2.24, 2.45) is 0 Å². The van der Waals surface area contributed by atoms with E-state index in [2.05, 4.69) is 22.1 Å². The third-order valence-electron chi connectivity index (χ3n) is 5.76. The van der Waals surface area contributed by atoms with Crippen molar-refractivity contribution >= 4 is 35.0 Å². The van der Waals surface area contributed by atoms with Crippen LogP contribution in [0.4, 0.5) is 5.69 Å². The Morgan fingerprint density at radius 1 is 1.08 bits per heavy atom. The van der Waals surface area contributed by atoms with Gasteiger partial charge in [0.2, 0.25) is 23.2 Å². The SMILES string of the molecule is CCCSc1nnc2c(n1)OC(c1cc(Cl)ccc1OCc1ccccc1)N(C(C)=O)c1ccccc1-2. The number of fused-ring (bicyclic) bond motifs is 3. The lowest BCUT2D eigenvalue weighted by molar-refractivity contribution is -0.118. The summed E-state index contributed by atoms with van der Waals surface area (Å²) in [4.78, 5) is 19.4. The Morgan fingerprint density at radius 3 is 2.65 bits per heavy atom. The van der Waals surface area contributed by atoms with E-state index in [1.165, 1.54) is 18.7 Å². The summed E-state index contributed by atoms with van der Waals surface area (Å²) in [7, 11) is 0. The largest absolute Gasteiger partial charge is 0.488 e. The van der Waals surface area contributed by atoms with Crippen molar-refractivity contribution in [3.05, 3.63) is 88.9 Å². The summed E-state index contributed by atoms with van der Waals surface area (Å²) in [5.41, 5.74) is 3.43. The number of benzene rings is 3. The highest BCUT2D eigenvalue weighted by Crippen LogP contribution is 2.45. The molecule has 5 rings (SSSR count). The molecule has 1 aliphatic rings. The van der Waals surface area contributed by atoms with Gasteiger partial charge in [0.1, 0.15) is 12.4 Å². The van der Waals surface area contributed by atoms with E-state index in [1.807, 2.05) is 54.6 Å². The van der Waals surface area contributed by atoms with Gasteiger partial charge in [-0.3, -0.25) is 9.69 Å². The van der Waals surface area contributed by atoms with Gasteiger partial charge in [-0.2, -0.15) is 4.98 Å². The van der Waals surface area contributed by atoms with E-state index >= 15 is 0 Å². The molecule has 1 atom stereocenters. The second-order valence-corrected chi connectivity index (χ2v) is 9.93. The molecular weight excluding hydrogens is 508 g/mol. The van der Waals surface area contributed by atoms with Gasteiger partial charge in [-0.1, -0.05) is 78.8 Å². The number of nitrogens with zero attached hydrogens (tertiary/aromatic N) is 4. The highest BCUT2D eigenvalue weighted by atomic mass is 35.5. The summed E-state index contributed by atoms with van der Waals surface area (Å²) in [5.74, 6) is 1.48.